The molecule has 1 aliphatic rings. The molecule has 4 rings (SSSR count). The van der Waals surface area contributed by atoms with Crippen molar-refractivity contribution in [1.82, 2.24) is 4.98 Å². The number of nitrogens with zero attached hydrogens (tertiary/aromatic N) is 2. The summed E-state index contributed by atoms with van der Waals surface area (Å²) < 4.78 is 17.4. The number of hydrogen-bond donors (Lipinski definition) is 1. The van der Waals surface area contributed by atoms with Crippen molar-refractivity contribution >= 4 is 33.9 Å². The highest BCUT2D eigenvalue weighted by Gasteiger charge is 2.47. The van der Waals surface area contributed by atoms with Gasteiger partial charge in [-0.3, -0.25) is 19.3 Å². The third-order valence-electron chi connectivity index (χ3n) is 6.32. The van der Waals surface area contributed by atoms with Crippen LogP contribution < -0.4 is 14.4 Å². The van der Waals surface area contributed by atoms with E-state index >= 15 is 0 Å². The summed E-state index contributed by atoms with van der Waals surface area (Å²) in [7, 11) is 0. The summed E-state index contributed by atoms with van der Waals surface area (Å²) in [6.45, 7) is 9.65. The quantitative estimate of drug-likeness (QED) is 0.205. The second-order valence-corrected chi connectivity index (χ2v) is 10.2. The SMILES string of the molecule is CCCCCOc1ccc(C2C(C(=O)c3ccc(C)o3)=C(O)C(=O)N2c2nc(C)c(C(C)=O)s2)cc1OCC. The summed E-state index contributed by atoms with van der Waals surface area (Å²) in [5.74, 6) is -0.815. The third kappa shape index (κ3) is 5.61. The van der Waals surface area contributed by atoms with Gasteiger partial charge in [-0.15, -0.1) is 0 Å². The van der Waals surface area contributed by atoms with Crippen molar-refractivity contribution in [1.29, 1.82) is 0 Å². The molecule has 1 N–H and O–H groups in total. The van der Waals surface area contributed by atoms with E-state index in [2.05, 4.69) is 11.9 Å². The molecule has 1 amide bonds. The molecule has 2 aromatic heterocycles. The average Bonchev–Trinajstić information content (AvgIpc) is 3.58. The Labute approximate surface area is 231 Å². The number of ether oxygens (including phenoxy) is 2. The zero-order valence-corrected chi connectivity index (χ0v) is 23.5. The molecule has 1 aromatic carbocycles. The van der Waals surface area contributed by atoms with E-state index in [1.165, 1.54) is 17.9 Å². The fourth-order valence-corrected chi connectivity index (χ4v) is 5.46. The minimum atomic E-state index is -1.05. The molecule has 1 atom stereocenters. The molecular formula is C29H32N2O7S. The van der Waals surface area contributed by atoms with E-state index in [1.807, 2.05) is 6.92 Å². The van der Waals surface area contributed by atoms with Gasteiger partial charge in [-0.1, -0.05) is 37.2 Å². The van der Waals surface area contributed by atoms with Crippen molar-refractivity contribution in [3.63, 3.8) is 0 Å². The smallest absolute Gasteiger partial charge is 0.296 e. The fourth-order valence-electron chi connectivity index (χ4n) is 4.47. The number of aliphatic hydroxyl groups is 1. The van der Waals surface area contributed by atoms with Crippen molar-refractivity contribution < 1.29 is 33.4 Å². The number of carbonyl (C=O) groups is 3. The van der Waals surface area contributed by atoms with Gasteiger partial charge in [-0.05, 0) is 57.0 Å². The van der Waals surface area contributed by atoms with Crippen LogP contribution in [0.15, 0.2) is 46.1 Å². The van der Waals surface area contributed by atoms with Crippen molar-refractivity contribution in [2.24, 2.45) is 0 Å². The van der Waals surface area contributed by atoms with Crippen LogP contribution in [0.4, 0.5) is 5.13 Å². The Balaban J connectivity index is 1.83. The number of amides is 1. The van der Waals surface area contributed by atoms with Gasteiger partial charge < -0.3 is 19.0 Å². The molecule has 1 aliphatic heterocycles. The second-order valence-electron chi connectivity index (χ2n) is 9.24. The van der Waals surface area contributed by atoms with E-state index in [4.69, 9.17) is 13.9 Å². The van der Waals surface area contributed by atoms with Gasteiger partial charge in [0.1, 0.15) is 5.76 Å². The van der Waals surface area contributed by atoms with Crippen LogP contribution >= 0.6 is 11.3 Å². The second kappa shape index (κ2) is 11.9. The molecular weight excluding hydrogens is 520 g/mol. The molecule has 0 saturated heterocycles. The minimum absolute atomic E-state index is 0.00523. The Hall–Kier alpha value is -3.92. The largest absolute Gasteiger partial charge is 0.503 e. The van der Waals surface area contributed by atoms with E-state index in [1.54, 1.807) is 38.1 Å². The highest BCUT2D eigenvalue weighted by molar-refractivity contribution is 7.17. The lowest BCUT2D eigenvalue weighted by Crippen LogP contribution is -2.31. The summed E-state index contributed by atoms with van der Waals surface area (Å²) >= 11 is 1.03. The maximum absolute atomic E-state index is 13.6. The Morgan fingerprint density at radius 1 is 1.10 bits per heavy atom. The number of benzene rings is 1. The lowest BCUT2D eigenvalue weighted by Gasteiger charge is -2.25. The Bertz CT molecular complexity index is 1430. The highest BCUT2D eigenvalue weighted by atomic mass is 32.1. The number of furan rings is 1. The molecule has 3 heterocycles. The van der Waals surface area contributed by atoms with Gasteiger partial charge in [-0.25, -0.2) is 4.98 Å². The van der Waals surface area contributed by atoms with Gasteiger partial charge >= 0.3 is 0 Å². The lowest BCUT2D eigenvalue weighted by atomic mass is 9.95. The van der Waals surface area contributed by atoms with E-state index in [0.717, 1.165) is 30.6 Å². The van der Waals surface area contributed by atoms with Crippen LogP contribution in [0.1, 0.15) is 83.3 Å². The number of ketones is 2. The molecule has 0 saturated carbocycles. The van der Waals surface area contributed by atoms with Crippen LogP contribution in [0, 0.1) is 13.8 Å². The maximum atomic E-state index is 13.6. The first-order chi connectivity index (χ1) is 18.7. The van der Waals surface area contributed by atoms with Crippen LogP contribution in [0.5, 0.6) is 11.5 Å². The van der Waals surface area contributed by atoms with Gasteiger partial charge in [0.15, 0.2) is 33.9 Å². The molecule has 1 unspecified atom stereocenters. The Kier molecular flexibility index (Phi) is 8.54. The Morgan fingerprint density at radius 2 is 1.87 bits per heavy atom. The van der Waals surface area contributed by atoms with Crippen molar-refractivity contribution in [3.05, 3.63) is 69.3 Å². The topological polar surface area (TPSA) is 119 Å². The summed E-state index contributed by atoms with van der Waals surface area (Å²) in [5, 5.41) is 11.2. The number of carbonyl (C=O) groups excluding carboxylic acids is 3. The predicted molar refractivity (Wildman–Crippen MR) is 147 cm³/mol. The molecule has 39 heavy (non-hydrogen) atoms. The van der Waals surface area contributed by atoms with Crippen molar-refractivity contribution in [2.45, 2.75) is 59.9 Å². The first-order valence-electron chi connectivity index (χ1n) is 12.9. The fraction of sp³-hybridized carbons (Fsp3) is 0.379. The zero-order chi connectivity index (χ0) is 28.3. The van der Waals surface area contributed by atoms with Crippen LogP contribution in [-0.2, 0) is 4.79 Å². The highest BCUT2D eigenvalue weighted by Crippen LogP contribution is 2.45. The normalized spacial score (nSPS) is 15.3. The van der Waals surface area contributed by atoms with E-state index < -0.39 is 23.5 Å². The molecule has 206 valence electrons. The van der Waals surface area contributed by atoms with Gasteiger partial charge in [-0.2, -0.15) is 0 Å². The van der Waals surface area contributed by atoms with Crippen molar-refractivity contribution in [3.8, 4) is 11.5 Å². The summed E-state index contributed by atoms with van der Waals surface area (Å²) in [5.41, 5.74) is 0.812. The standard InChI is InChI=1S/C29H32N2O7S/c1-6-8-9-14-37-20-13-11-19(15-22(20)36-7-2)24-23(25(33)21-12-10-16(3)38-21)26(34)28(35)31(24)29-30-17(4)27(39-29)18(5)32/h10-13,15,24,34H,6-9,14H2,1-5H3. The number of hydrogen-bond acceptors (Lipinski definition) is 9. The number of anilines is 1. The Morgan fingerprint density at radius 3 is 2.49 bits per heavy atom. The molecule has 0 radical (unpaired) electrons. The van der Waals surface area contributed by atoms with Gasteiger partial charge in [0, 0.05) is 6.92 Å². The number of aryl methyl sites for hydroxylation is 2. The van der Waals surface area contributed by atoms with Crippen molar-refractivity contribution in [2.75, 3.05) is 18.1 Å². The number of Topliss-reactive ketones (excluding diaryl/α,β-unsaturated/α-hetero) is 2. The van der Waals surface area contributed by atoms with Gasteiger partial charge in [0.25, 0.3) is 5.91 Å². The summed E-state index contributed by atoms with van der Waals surface area (Å²) in [6, 6.07) is 7.26. The van der Waals surface area contributed by atoms with Crippen LogP contribution in [-0.4, -0.2) is 40.8 Å². The molecule has 10 heteroatoms. The van der Waals surface area contributed by atoms with E-state index in [0.29, 0.717) is 46.6 Å². The number of aliphatic hydroxyl groups excluding tert-OH is 1. The average molecular weight is 553 g/mol. The van der Waals surface area contributed by atoms with Crippen LogP contribution in [0.3, 0.4) is 0 Å². The van der Waals surface area contributed by atoms with Gasteiger partial charge in [0.05, 0.1) is 35.4 Å². The molecule has 0 spiro atoms. The first-order valence-corrected chi connectivity index (χ1v) is 13.7. The first kappa shape index (κ1) is 28.1. The minimum Gasteiger partial charge on any atom is -0.503 e. The van der Waals surface area contributed by atoms with Gasteiger partial charge in [0.2, 0.25) is 5.78 Å². The number of thiazole rings is 1. The molecule has 0 aliphatic carbocycles. The van der Waals surface area contributed by atoms with E-state index in [9.17, 15) is 19.5 Å². The van der Waals surface area contributed by atoms with Crippen LogP contribution in [0.25, 0.3) is 0 Å². The monoisotopic (exact) mass is 552 g/mol. The van der Waals surface area contributed by atoms with E-state index in [-0.39, 0.29) is 22.2 Å². The predicted octanol–water partition coefficient (Wildman–Crippen LogP) is 6.31. The molecule has 3 aromatic rings. The molecule has 0 fully saturated rings. The maximum Gasteiger partial charge on any atom is 0.296 e. The number of rotatable bonds is 12. The molecule has 0 bridgehead atoms. The molecule has 9 nitrogen and oxygen atoms in total. The summed E-state index contributed by atoms with van der Waals surface area (Å²) in [4.78, 5) is 45.3. The summed E-state index contributed by atoms with van der Waals surface area (Å²) in [6.07, 6.45) is 3.00. The number of aromatic nitrogens is 1. The lowest BCUT2D eigenvalue weighted by molar-refractivity contribution is -0.117. The van der Waals surface area contributed by atoms with Crippen LogP contribution in [0.2, 0.25) is 0 Å². The number of unbranched alkanes of at least 4 members (excludes halogenated alkanes) is 2. The zero-order valence-electron chi connectivity index (χ0n) is 22.7. The third-order valence-corrected chi connectivity index (χ3v) is 7.57.